The van der Waals surface area contributed by atoms with Crippen molar-refractivity contribution >= 4 is 11.8 Å². The summed E-state index contributed by atoms with van der Waals surface area (Å²) in [7, 11) is 0. The van der Waals surface area contributed by atoms with E-state index in [1.807, 2.05) is 43.9 Å². The molecule has 2 amide bonds. The molecule has 0 bridgehead atoms. The second-order valence-electron chi connectivity index (χ2n) is 9.31. The van der Waals surface area contributed by atoms with Crippen LogP contribution in [0.2, 0.25) is 0 Å². The highest BCUT2D eigenvalue weighted by Gasteiger charge is 2.33. The first-order valence-electron chi connectivity index (χ1n) is 12.0. The van der Waals surface area contributed by atoms with E-state index in [0.29, 0.717) is 17.9 Å². The van der Waals surface area contributed by atoms with Crippen molar-refractivity contribution in [1.29, 1.82) is 0 Å². The van der Waals surface area contributed by atoms with Crippen molar-refractivity contribution in [3.63, 3.8) is 0 Å². The second kappa shape index (κ2) is 10.7. The maximum absolute atomic E-state index is 13.3. The van der Waals surface area contributed by atoms with Crippen molar-refractivity contribution in [3.8, 4) is 5.75 Å². The average Bonchev–Trinajstić information content (AvgIpc) is 2.85. The zero-order valence-electron chi connectivity index (χ0n) is 20.4. The first kappa shape index (κ1) is 24.5. The van der Waals surface area contributed by atoms with Gasteiger partial charge in [0.25, 0.3) is 5.91 Å². The quantitative estimate of drug-likeness (QED) is 0.527. The fourth-order valence-corrected chi connectivity index (χ4v) is 4.41. The highest BCUT2D eigenvalue weighted by Crippen LogP contribution is 2.38. The zero-order chi connectivity index (χ0) is 24.9. The fraction of sp³-hybridized carbons (Fsp3) is 0.310. The lowest BCUT2D eigenvalue weighted by Crippen LogP contribution is -2.42. The van der Waals surface area contributed by atoms with Gasteiger partial charge in [-0.25, -0.2) is 4.39 Å². The molecule has 0 fully saturated rings. The Hall–Kier alpha value is -3.67. The lowest BCUT2D eigenvalue weighted by molar-refractivity contribution is -0.136. The molecule has 6 heteroatoms. The van der Waals surface area contributed by atoms with Crippen molar-refractivity contribution in [2.45, 2.75) is 39.8 Å². The molecule has 0 spiro atoms. The van der Waals surface area contributed by atoms with Crippen LogP contribution in [0.4, 0.5) is 4.39 Å². The van der Waals surface area contributed by atoms with Crippen LogP contribution in [0.3, 0.4) is 0 Å². The fourth-order valence-electron chi connectivity index (χ4n) is 4.41. The van der Waals surface area contributed by atoms with Gasteiger partial charge in [0.15, 0.2) is 6.61 Å². The van der Waals surface area contributed by atoms with E-state index in [4.69, 9.17) is 4.74 Å². The molecule has 1 N–H and O–H groups in total. The summed E-state index contributed by atoms with van der Waals surface area (Å²) in [4.78, 5) is 27.4. The summed E-state index contributed by atoms with van der Waals surface area (Å²) >= 11 is 0. The van der Waals surface area contributed by atoms with E-state index in [1.165, 1.54) is 17.7 Å². The van der Waals surface area contributed by atoms with Gasteiger partial charge in [-0.2, -0.15) is 0 Å². The molecule has 4 rings (SSSR count). The minimum absolute atomic E-state index is 0.106. The second-order valence-corrected chi connectivity index (χ2v) is 9.31. The van der Waals surface area contributed by atoms with Gasteiger partial charge in [0, 0.05) is 19.0 Å². The highest BCUT2D eigenvalue weighted by atomic mass is 19.1. The number of benzene rings is 3. The van der Waals surface area contributed by atoms with E-state index >= 15 is 0 Å². The van der Waals surface area contributed by atoms with Gasteiger partial charge in [-0.3, -0.25) is 9.59 Å². The first-order valence-corrected chi connectivity index (χ1v) is 12.0. The van der Waals surface area contributed by atoms with Crippen LogP contribution in [-0.2, 0) is 22.6 Å². The number of amides is 2. The predicted octanol–water partition coefficient (Wildman–Crippen LogP) is 4.96. The third-order valence-electron chi connectivity index (χ3n) is 6.26. The van der Waals surface area contributed by atoms with E-state index in [9.17, 15) is 14.0 Å². The van der Waals surface area contributed by atoms with E-state index in [1.54, 1.807) is 12.1 Å². The van der Waals surface area contributed by atoms with Crippen LogP contribution in [0.25, 0.3) is 0 Å². The third-order valence-corrected chi connectivity index (χ3v) is 6.26. The summed E-state index contributed by atoms with van der Waals surface area (Å²) in [6, 6.07) is 20.0. The Labute approximate surface area is 205 Å². The Bertz CT molecular complexity index is 1210. The minimum Gasteiger partial charge on any atom is -0.484 e. The molecule has 0 aromatic heterocycles. The molecule has 3 aromatic carbocycles. The first-order chi connectivity index (χ1) is 16.8. The van der Waals surface area contributed by atoms with Gasteiger partial charge in [-0.15, -0.1) is 0 Å². The summed E-state index contributed by atoms with van der Waals surface area (Å²) in [5.74, 6) is -0.0514. The smallest absolute Gasteiger partial charge is 0.258 e. The van der Waals surface area contributed by atoms with Crippen LogP contribution < -0.4 is 10.1 Å². The molecule has 1 aliphatic rings. The zero-order valence-corrected chi connectivity index (χ0v) is 20.4. The monoisotopic (exact) mass is 474 g/mol. The molecule has 5 nitrogen and oxygen atoms in total. The van der Waals surface area contributed by atoms with Crippen molar-refractivity contribution in [3.05, 3.63) is 100 Å². The van der Waals surface area contributed by atoms with Crippen molar-refractivity contribution in [2.24, 2.45) is 5.92 Å². The maximum Gasteiger partial charge on any atom is 0.258 e. The largest absolute Gasteiger partial charge is 0.484 e. The molecule has 0 saturated carbocycles. The van der Waals surface area contributed by atoms with Crippen LogP contribution >= 0.6 is 0 Å². The normalized spacial score (nSPS) is 15.0. The SMILES string of the molecule is Cc1ccc(C2c3cc(OCC(=O)NCc4cccc(F)c4)ccc3CCN2C(=O)C(C)C)cc1. The summed E-state index contributed by atoms with van der Waals surface area (Å²) in [5.41, 5.74) is 5.09. The highest BCUT2D eigenvalue weighted by molar-refractivity contribution is 5.80. The average molecular weight is 475 g/mol. The Kier molecular flexibility index (Phi) is 7.49. The van der Waals surface area contributed by atoms with E-state index < -0.39 is 0 Å². The van der Waals surface area contributed by atoms with Gasteiger partial charge in [0.2, 0.25) is 5.91 Å². The number of aryl methyl sites for hydroxylation is 1. The molecule has 1 atom stereocenters. The molecule has 0 aliphatic carbocycles. The van der Waals surface area contributed by atoms with Gasteiger partial charge in [-0.1, -0.05) is 61.9 Å². The standard InChI is InChI=1S/C29H31FN2O3/c1-19(2)29(34)32-14-13-22-11-12-25(16-26(22)28(32)23-9-7-20(3)8-10-23)35-18-27(33)31-17-21-5-4-6-24(30)15-21/h4-12,15-16,19,28H,13-14,17-18H2,1-3H3,(H,31,33). The molecule has 182 valence electrons. The summed E-state index contributed by atoms with van der Waals surface area (Å²) in [6.45, 7) is 6.62. The van der Waals surface area contributed by atoms with Crippen LogP contribution in [0.1, 0.15) is 47.7 Å². The number of halogens is 1. The van der Waals surface area contributed by atoms with Crippen LogP contribution in [0, 0.1) is 18.7 Å². The third kappa shape index (κ3) is 5.88. The number of carbonyl (C=O) groups excluding carboxylic acids is 2. The van der Waals surface area contributed by atoms with E-state index in [2.05, 4.69) is 29.6 Å². The number of fused-ring (bicyclic) bond motifs is 1. The molecule has 3 aromatic rings. The number of rotatable bonds is 7. The van der Waals surface area contributed by atoms with Crippen molar-refractivity contribution < 1.29 is 18.7 Å². The van der Waals surface area contributed by atoms with Gasteiger partial charge in [0.1, 0.15) is 11.6 Å². The molecule has 35 heavy (non-hydrogen) atoms. The number of hydrogen-bond donors (Lipinski definition) is 1. The Morgan fingerprint density at radius 3 is 2.57 bits per heavy atom. The number of nitrogens with one attached hydrogen (secondary N) is 1. The van der Waals surface area contributed by atoms with Crippen molar-refractivity contribution in [2.75, 3.05) is 13.2 Å². The molecule has 1 heterocycles. The lowest BCUT2D eigenvalue weighted by Gasteiger charge is -2.39. The van der Waals surface area contributed by atoms with Crippen LogP contribution in [-0.4, -0.2) is 29.9 Å². The van der Waals surface area contributed by atoms with E-state index in [-0.39, 0.29) is 42.7 Å². The molecular weight excluding hydrogens is 443 g/mol. The van der Waals surface area contributed by atoms with Gasteiger partial charge in [0.05, 0.1) is 6.04 Å². The molecular formula is C29H31FN2O3. The van der Waals surface area contributed by atoms with Gasteiger partial charge >= 0.3 is 0 Å². The molecule has 1 aliphatic heterocycles. The van der Waals surface area contributed by atoms with Gasteiger partial charge < -0.3 is 15.0 Å². The van der Waals surface area contributed by atoms with E-state index in [0.717, 1.165) is 23.1 Å². The van der Waals surface area contributed by atoms with Crippen molar-refractivity contribution in [1.82, 2.24) is 10.2 Å². The molecule has 0 saturated heterocycles. The number of hydrogen-bond acceptors (Lipinski definition) is 3. The lowest BCUT2D eigenvalue weighted by atomic mass is 9.87. The molecule has 1 unspecified atom stereocenters. The number of nitrogens with zero attached hydrogens (tertiary/aromatic N) is 1. The Morgan fingerprint density at radius 1 is 1.09 bits per heavy atom. The molecule has 0 radical (unpaired) electrons. The maximum atomic E-state index is 13.3. The Balaban J connectivity index is 1.51. The predicted molar refractivity (Wildman–Crippen MR) is 133 cm³/mol. The summed E-state index contributed by atoms with van der Waals surface area (Å²) in [5, 5.41) is 2.75. The topological polar surface area (TPSA) is 58.6 Å². The van der Waals surface area contributed by atoms with Gasteiger partial charge in [-0.05, 0) is 59.9 Å². The summed E-state index contributed by atoms with van der Waals surface area (Å²) in [6.07, 6.45) is 0.768. The van der Waals surface area contributed by atoms with Crippen LogP contribution in [0.5, 0.6) is 5.75 Å². The van der Waals surface area contributed by atoms with Crippen LogP contribution in [0.15, 0.2) is 66.7 Å². The number of ether oxygens (including phenoxy) is 1. The Morgan fingerprint density at radius 2 is 1.86 bits per heavy atom. The minimum atomic E-state index is -0.338. The summed E-state index contributed by atoms with van der Waals surface area (Å²) < 4.78 is 19.1. The number of carbonyl (C=O) groups is 2.